The number of hydrogen-bond acceptors (Lipinski definition) is 8. The molecule has 3 heterocycles. The molecule has 13 nitrogen and oxygen atoms in total. The number of pyridine rings is 2. The highest BCUT2D eigenvalue weighted by Gasteiger charge is 2.12. The maximum Gasteiger partial charge on any atom is 0.303 e. The number of primary amides is 1. The van der Waals surface area contributed by atoms with Gasteiger partial charge in [0.05, 0.1) is 24.0 Å². The minimum atomic E-state index is -1.07. The van der Waals surface area contributed by atoms with Crippen LogP contribution < -0.4 is 16.6 Å². The summed E-state index contributed by atoms with van der Waals surface area (Å²) in [6.07, 6.45) is 2.56. The molecule has 0 bridgehead atoms. The van der Waals surface area contributed by atoms with Crippen molar-refractivity contribution < 1.29 is 29.4 Å². The first-order valence-corrected chi connectivity index (χ1v) is 9.49. The average Bonchev–Trinajstić information content (AvgIpc) is 2.77. The Balaban J connectivity index is 0.000000234. The number of carbonyl (C=O) groups is 4. The second kappa shape index (κ2) is 11.6. The molecule has 0 unspecified atom stereocenters. The Morgan fingerprint density at radius 3 is 2.30 bits per heavy atom. The molecule has 0 aliphatic heterocycles. The number of rotatable bonds is 8. The zero-order valence-electron chi connectivity index (χ0n) is 17.1. The minimum Gasteiger partial charge on any atom is -0.481 e. The molecule has 13 heteroatoms. The first kappa shape index (κ1) is 24.6. The van der Waals surface area contributed by atoms with E-state index in [0.717, 1.165) is 0 Å². The van der Waals surface area contributed by atoms with Crippen molar-refractivity contribution in [2.45, 2.75) is 25.7 Å². The van der Waals surface area contributed by atoms with E-state index in [2.05, 4.69) is 25.3 Å². The van der Waals surface area contributed by atoms with Gasteiger partial charge in [-0.25, -0.2) is 15.0 Å². The van der Waals surface area contributed by atoms with Crippen molar-refractivity contribution >= 4 is 40.5 Å². The molecule has 6 N–H and O–H groups in total. The molecule has 3 aromatic rings. The summed E-state index contributed by atoms with van der Waals surface area (Å²) in [6.45, 7) is 0. The van der Waals surface area contributed by atoms with E-state index in [4.69, 9.17) is 15.9 Å². The Labute approximate surface area is 185 Å². The van der Waals surface area contributed by atoms with Crippen molar-refractivity contribution in [3.8, 4) is 0 Å². The van der Waals surface area contributed by atoms with Gasteiger partial charge in [-0.05, 0) is 24.3 Å². The van der Waals surface area contributed by atoms with Crippen molar-refractivity contribution in [2.24, 2.45) is 5.73 Å². The molecule has 0 atom stereocenters. The summed E-state index contributed by atoms with van der Waals surface area (Å²) < 4.78 is 0. The standard InChI is InChI=1S/C10H11N3O4.C10H9N3O3/c11-10(17)9-6(2-1-5-12-9)13-7(14)3-4-8(15)16;14-8(15)4-3-7-12-6-2-1-5-11-9(6)10(16)13-7/h1-2,5H,3-4H2,(H2,11,17)(H,13,14)(H,15,16);1-2,5H,3-4H2,(H,14,15)(H,12,13,16). The van der Waals surface area contributed by atoms with Crippen molar-refractivity contribution in [1.82, 2.24) is 19.9 Å². The summed E-state index contributed by atoms with van der Waals surface area (Å²) in [5.41, 5.74) is 5.58. The van der Waals surface area contributed by atoms with E-state index >= 15 is 0 Å². The van der Waals surface area contributed by atoms with E-state index in [1.807, 2.05) is 0 Å². The lowest BCUT2D eigenvalue weighted by molar-refractivity contribution is -0.138. The third-order valence-electron chi connectivity index (χ3n) is 3.97. The van der Waals surface area contributed by atoms with Crippen LogP contribution in [0, 0.1) is 0 Å². The fraction of sp³-hybridized carbons (Fsp3) is 0.200. The number of aliphatic carboxylic acids is 2. The van der Waals surface area contributed by atoms with Gasteiger partial charge >= 0.3 is 11.9 Å². The number of H-pyrrole nitrogens is 1. The fourth-order valence-corrected chi connectivity index (χ4v) is 2.51. The molecule has 0 aliphatic rings. The van der Waals surface area contributed by atoms with Crippen LogP contribution in [0.2, 0.25) is 0 Å². The van der Waals surface area contributed by atoms with E-state index in [0.29, 0.717) is 11.3 Å². The van der Waals surface area contributed by atoms with E-state index < -0.39 is 23.8 Å². The molecule has 0 spiro atoms. The van der Waals surface area contributed by atoms with Crippen LogP contribution in [0.15, 0.2) is 41.5 Å². The monoisotopic (exact) mass is 456 g/mol. The maximum absolute atomic E-state index is 11.5. The number of carboxylic acids is 2. The lowest BCUT2D eigenvalue weighted by Gasteiger charge is -2.06. The predicted molar refractivity (Wildman–Crippen MR) is 114 cm³/mol. The van der Waals surface area contributed by atoms with Crippen molar-refractivity contribution in [2.75, 3.05) is 5.32 Å². The molecule has 0 aliphatic carbocycles. The molecule has 3 aromatic heterocycles. The fourth-order valence-electron chi connectivity index (χ4n) is 2.51. The number of fused-ring (bicyclic) bond motifs is 1. The topological polar surface area (TPSA) is 218 Å². The Morgan fingerprint density at radius 2 is 1.64 bits per heavy atom. The number of nitrogens with two attached hydrogens (primary N) is 1. The number of anilines is 1. The highest BCUT2D eigenvalue weighted by Crippen LogP contribution is 2.12. The number of nitrogens with zero attached hydrogens (tertiary/aromatic N) is 3. The number of aromatic amines is 1. The number of aryl methyl sites for hydroxylation is 1. The summed E-state index contributed by atoms with van der Waals surface area (Å²) in [6, 6.07) is 6.34. The Morgan fingerprint density at radius 1 is 0.970 bits per heavy atom. The quantitative estimate of drug-likeness (QED) is 0.312. The normalized spacial score (nSPS) is 10.1. The molecule has 0 aromatic carbocycles. The Kier molecular flexibility index (Phi) is 8.67. The highest BCUT2D eigenvalue weighted by atomic mass is 16.4. The number of amides is 2. The number of nitrogens with one attached hydrogen (secondary N) is 2. The van der Waals surface area contributed by atoms with Gasteiger partial charge in [-0.3, -0.25) is 24.0 Å². The number of aromatic nitrogens is 4. The second-order valence-electron chi connectivity index (χ2n) is 6.48. The zero-order valence-corrected chi connectivity index (χ0v) is 17.1. The van der Waals surface area contributed by atoms with Crippen LogP contribution >= 0.6 is 0 Å². The summed E-state index contributed by atoms with van der Waals surface area (Å²) in [7, 11) is 0. The van der Waals surface area contributed by atoms with Gasteiger partial charge in [0.2, 0.25) is 5.91 Å². The molecular formula is C20H20N6O7. The Hall–Kier alpha value is -4.68. The maximum atomic E-state index is 11.5. The first-order chi connectivity index (χ1) is 15.7. The van der Waals surface area contributed by atoms with E-state index in [1.54, 1.807) is 12.1 Å². The largest absolute Gasteiger partial charge is 0.481 e. The van der Waals surface area contributed by atoms with Crippen LogP contribution in [0.5, 0.6) is 0 Å². The molecule has 172 valence electrons. The minimum absolute atomic E-state index is 0.0591. The third kappa shape index (κ3) is 7.82. The summed E-state index contributed by atoms with van der Waals surface area (Å²) >= 11 is 0. The lowest BCUT2D eigenvalue weighted by atomic mass is 10.2. The molecule has 2 amide bonds. The molecule has 33 heavy (non-hydrogen) atoms. The number of carbonyl (C=O) groups excluding carboxylic acids is 2. The van der Waals surface area contributed by atoms with Crippen LogP contribution in [-0.2, 0) is 20.8 Å². The first-order valence-electron chi connectivity index (χ1n) is 9.49. The summed E-state index contributed by atoms with van der Waals surface area (Å²) in [4.78, 5) is 68.8. The van der Waals surface area contributed by atoms with E-state index in [-0.39, 0.29) is 48.1 Å². The smallest absolute Gasteiger partial charge is 0.303 e. The van der Waals surface area contributed by atoms with E-state index in [1.165, 1.54) is 24.5 Å². The predicted octanol–water partition coefficient (Wildman–Crippen LogP) is 0.319. The van der Waals surface area contributed by atoms with Crippen LogP contribution in [0.25, 0.3) is 11.0 Å². The number of hydrogen-bond donors (Lipinski definition) is 5. The van der Waals surface area contributed by atoms with Gasteiger partial charge in [0.25, 0.3) is 11.5 Å². The van der Waals surface area contributed by atoms with Gasteiger partial charge in [-0.15, -0.1) is 0 Å². The zero-order chi connectivity index (χ0) is 24.4. The van der Waals surface area contributed by atoms with Gasteiger partial charge in [0, 0.05) is 25.2 Å². The highest BCUT2D eigenvalue weighted by molar-refractivity contribution is 6.01. The summed E-state index contributed by atoms with van der Waals surface area (Å²) in [5, 5.41) is 19.3. The molecule has 0 saturated heterocycles. The van der Waals surface area contributed by atoms with Crippen LogP contribution in [0.1, 0.15) is 35.6 Å². The average molecular weight is 456 g/mol. The van der Waals surface area contributed by atoms with E-state index in [9.17, 15) is 24.0 Å². The molecule has 0 radical (unpaired) electrons. The summed E-state index contributed by atoms with van der Waals surface area (Å²) in [5.74, 6) is -2.90. The third-order valence-corrected chi connectivity index (χ3v) is 3.97. The van der Waals surface area contributed by atoms with Crippen LogP contribution in [-0.4, -0.2) is 53.9 Å². The van der Waals surface area contributed by atoms with Crippen molar-refractivity contribution in [3.63, 3.8) is 0 Å². The number of carboxylic acid groups (broad SMARTS) is 2. The lowest BCUT2D eigenvalue weighted by Crippen LogP contribution is -2.19. The molecule has 0 saturated carbocycles. The van der Waals surface area contributed by atoms with Crippen LogP contribution in [0.3, 0.4) is 0 Å². The van der Waals surface area contributed by atoms with Gasteiger partial charge in [0.1, 0.15) is 5.82 Å². The second-order valence-corrected chi connectivity index (χ2v) is 6.48. The van der Waals surface area contributed by atoms with Gasteiger partial charge < -0.3 is 26.2 Å². The molecular weight excluding hydrogens is 436 g/mol. The SMILES string of the molecule is NC(=O)c1ncccc1NC(=O)CCC(=O)O.O=C(O)CCc1nc2cccnc2c(=O)[nH]1. The Bertz CT molecular complexity index is 1240. The van der Waals surface area contributed by atoms with Gasteiger partial charge in [-0.1, -0.05) is 0 Å². The molecule has 0 fully saturated rings. The molecule has 3 rings (SSSR count). The van der Waals surface area contributed by atoms with Crippen molar-refractivity contribution in [3.05, 3.63) is 58.5 Å². The van der Waals surface area contributed by atoms with Crippen LogP contribution in [0.4, 0.5) is 5.69 Å². The van der Waals surface area contributed by atoms with Crippen molar-refractivity contribution in [1.29, 1.82) is 0 Å². The van der Waals surface area contributed by atoms with Gasteiger partial charge in [-0.2, -0.15) is 0 Å². The van der Waals surface area contributed by atoms with Gasteiger partial charge in [0.15, 0.2) is 11.2 Å².